The van der Waals surface area contributed by atoms with Crippen LogP contribution < -0.4 is 5.56 Å². The van der Waals surface area contributed by atoms with E-state index in [4.69, 9.17) is 0 Å². The fraction of sp³-hybridized carbons (Fsp3) is 0.188. The van der Waals surface area contributed by atoms with Crippen LogP contribution in [0, 0.1) is 10.1 Å². The van der Waals surface area contributed by atoms with Gasteiger partial charge in [0.05, 0.1) is 27.9 Å². The summed E-state index contributed by atoms with van der Waals surface area (Å²) < 4.78 is 2.07. The maximum atomic E-state index is 12.3. The second-order valence-corrected chi connectivity index (χ2v) is 6.55. The Kier molecular flexibility index (Phi) is 4.57. The molecule has 2 aromatic heterocycles. The summed E-state index contributed by atoms with van der Waals surface area (Å²) in [6.45, 7) is 0.0454. The highest BCUT2D eigenvalue weighted by Gasteiger charge is 2.15. The summed E-state index contributed by atoms with van der Waals surface area (Å²) in [6, 6.07) is 9.89. The van der Waals surface area contributed by atoms with Crippen molar-refractivity contribution in [3.63, 3.8) is 0 Å². The van der Waals surface area contributed by atoms with Crippen LogP contribution >= 0.6 is 11.3 Å². The number of thiazole rings is 1. The molecule has 0 spiro atoms. The molecule has 0 saturated heterocycles. The van der Waals surface area contributed by atoms with E-state index in [0.29, 0.717) is 6.54 Å². The predicted octanol–water partition coefficient (Wildman–Crippen LogP) is 2.02. The van der Waals surface area contributed by atoms with Crippen LogP contribution in [-0.4, -0.2) is 32.3 Å². The predicted molar refractivity (Wildman–Crippen MR) is 93.5 cm³/mol. The fourth-order valence-corrected chi connectivity index (χ4v) is 3.32. The van der Waals surface area contributed by atoms with E-state index in [1.165, 1.54) is 16.2 Å². The zero-order valence-electron chi connectivity index (χ0n) is 13.3. The van der Waals surface area contributed by atoms with Crippen LogP contribution in [0.25, 0.3) is 10.2 Å². The van der Waals surface area contributed by atoms with Gasteiger partial charge in [-0.25, -0.2) is 4.98 Å². The van der Waals surface area contributed by atoms with Crippen LogP contribution in [0.3, 0.4) is 0 Å². The molecule has 2 heterocycles. The lowest BCUT2D eigenvalue weighted by Gasteiger charge is -2.16. The third kappa shape index (κ3) is 3.72. The Hall–Kier alpha value is -3.07. The second-order valence-electron chi connectivity index (χ2n) is 5.44. The van der Waals surface area contributed by atoms with Crippen LogP contribution in [-0.2, 0) is 17.9 Å². The molecule has 0 radical (unpaired) electrons. The number of amides is 1. The summed E-state index contributed by atoms with van der Waals surface area (Å²) in [5, 5.41) is 11.6. The van der Waals surface area contributed by atoms with Gasteiger partial charge < -0.3 is 4.90 Å². The molecule has 9 heteroatoms. The number of rotatable bonds is 5. The minimum Gasteiger partial charge on any atom is -0.337 e. The first-order chi connectivity index (χ1) is 11.9. The summed E-state index contributed by atoms with van der Waals surface area (Å²) in [5.41, 5.74) is 0.173. The van der Waals surface area contributed by atoms with Crippen molar-refractivity contribution in [3.8, 4) is 0 Å². The van der Waals surface area contributed by atoms with E-state index in [-0.39, 0.29) is 18.1 Å². The van der Waals surface area contributed by atoms with Gasteiger partial charge >= 0.3 is 0 Å². The minimum atomic E-state index is -0.606. The SMILES string of the molecule is CN(Cc1nc2ccccc2s1)C(=O)Cn1cc([N+](=O)[O-])ccc1=O. The highest BCUT2D eigenvalue weighted by molar-refractivity contribution is 7.18. The smallest absolute Gasteiger partial charge is 0.285 e. The van der Waals surface area contributed by atoms with Gasteiger partial charge in [-0.1, -0.05) is 12.1 Å². The van der Waals surface area contributed by atoms with Crippen molar-refractivity contribution in [1.82, 2.24) is 14.5 Å². The lowest BCUT2D eigenvalue weighted by Crippen LogP contribution is -2.33. The van der Waals surface area contributed by atoms with Crippen molar-refractivity contribution in [2.75, 3.05) is 7.05 Å². The Bertz CT molecular complexity index is 978. The Morgan fingerprint density at radius 2 is 2.08 bits per heavy atom. The maximum Gasteiger partial charge on any atom is 0.285 e. The number of hydrogen-bond donors (Lipinski definition) is 0. The molecule has 0 saturated carbocycles. The van der Waals surface area contributed by atoms with E-state index in [9.17, 15) is 19.7 Å². The Morgan fingerprint density at radius 1 is 1.32 bits per heavy atom. The van der Waals surface area contributed by atoms with Crippen LogP contribution in [0.4, 0.5) is 5.69 Å². The molecular formula is C16H14N4O4S. The van der Waals surface area contributed by atoms with Gasteiger partial charge in [-0.15, -0.1) is 11.3 Å². The number of carbonyl (C=O) groups excluding carboxylic acids is 1. The lowest BCUT2D eigenvalue weighted by atomic mass is 10.3. The number of pyridine rings is 1. The Labute approximate surface area is 146 Å². The first-order valence-corrected chi connectivity index (χ1v) is 8.19. The molecular weight excluding hydrogens is 344 g/mol. The Balaban J connectivity index is 1.73. The molecule has 0 fully saturated rings. The van der Waals surface area contributed by atoms with E-state index in [1.807, 2.05) is 24.3 Å². The van der Waals surface area contributed by atoms with Gasteiger partial charge in [0.1, 0.15) is 11.6 Å². The standard InChI is InChI=1S/C16H14N4O4S/c1-18(9-14-17-12-4-2-3-5-13(12)25-14)16(22)10-19-8-11(20(23)24)6-7-15(19)21/h2-8H,9-10H2,1H3. The number of nitro groups is 1. The number of carbonyl (C=O) groups is 1. The number of nitrogens with zero attached hydrogens (tertiary/aromatic N) is 4. The van der Waals surface area contributed by atoms with E-state index < -0.39 is 10.5 Å². The second kappa shape index (κ2) is 6.81. The molecule has 0 N–H and O–H groups in total. The number of fused-ring (bicyclic) bond motifs is 1. The third-order valence-corrected chi connectivity index (χ3v) is 4.64. The lowest BCUT2D eigenvalue weighted by molar-refractivity contribution is -0.385. The summed E-state index contributed by atoms with van der Waals surface area (Å²) in [4.78, 5) is 40.2. The molecule has 3 rings (SSSR count). The van der Waals surface area contributed by atoms with Crippen molar-refractivity contribution in [2.24, 2.45) is 0 Å². The van der Waals surface area contributed by atoms with Crippen molar-refractivity contribution in [3.05, 3.63) is 68.1 Å². The van der Waals surface area contributed by atoms with Gasteiger partial charge in [0.25, 0.3) is 11.2 Å². The van der Waals surface area contributed by atoms with E-state index in [1.54, 1.807) is 7.05 Å². The van der Waals surface area contributed by atoms with Crippen molar-refractivity contribution in [1.29, 1.82) is 0 Å². The summed E-state index contributed by atoms with van der Waals surface area (Å²) in [6.07, 6.45) is 1.08. The fourth-order valence-electron chi connectivity index (χ4n) is 2.30. The van der Waals surface area contributed by atoms with Gasteiger partial charge in [0.15, 0.2) is 0 Å². The van der Waals surface area contributed by atoms with Crippen LogP contribution in [0.5, 0.6) is 0 Å². The summed E-state index contributed by atoms with van der Waals surface area (Å²) >= 11 is 1.50. The van der Waals surface area contributed by atoms with E-state index in [2.05, 4.69) is 4.98 Å². The molecule has 0 bridgehead atoms. The van der Waals surface area contributed by atoms with E-state index >= 15 is 0 Å². The molecule has 0 aliphatic heterocycles. The molecule has 25 heavy (non-hydrogen) atoms. The quantitative estimate of drug-likeness (QED) is 0.513. The first-order valence-electron chi connectivity index (χ1n) is 7.37. The molecule has 8 nitrogen and oxygen atoms in total. The number of likely N-dealkylation sites (N-methyl/N-ethyl adjacent to an activating group) is 1. The summed E-state index contributed by atoms with van der Waals surface area (Å²) in [7, 11) is 1.61. The topological polar surface area (TPSA) is 98.3 Å². The number of para-hydroxylation sites is 1. The number of benzene rings is 1. The normalized spacial score (nSPS) is 10.8. The highest BCUT2D eigenvalue weighted by atomic mass is 32.1. The molecule has 3 aromatic rings. The van der Waals surface area contributed by atoms with Crippen LogP contribution in [0.1, 0.15) is 5.01 Å². The van der Waals surface area contributed by atoms with Gasteiger partial charge in [-0.2, -0.15) is 0 Å². The van der Waals surface area contributed by atoms with Gasteiger partial charge in [0.2, 0.25) is 5.91 Å². The summed E-state index contributed by atoms with van der Waals surface area (Å²) in [5.74, 6) is -0.332. The zero-order chi connectivity index (χ0) is 18.0. The average Bonchev–Trinajstić information content (AvgIpc) is 2.98. The Morgan fingerprint density at radius 3 is 2.80 bits per heavy atom. The van der Waals surface area contributed by atoms with Crippen molar-refractivity contribution >= 4 is 33.1 Å². The van der Waals surface area contributed by atoms with Gasteiger partial charge in [-0.05, 0) is 12.1 Å². The largest absolute Gasteiger partial charge is 0.337 e. The number of aromatic nitrogens is 2. The molecule has 0 aliphatic carbocycles. The van der Waals surface area contributed by atoms with Crippen molar-refractivity contribution < 1.29 is 9.72 Å². The maximum absolute atomic E-state index is 12.3. The van der Waals surface area contributed by atoms with Crippen LogP contribution in [0.2, 0.25) is 0 Å². The van der Waals surface area contributed by atoms with Crippen molar-refractivity contribution in [2.45, 2.75) is 13.1 Å². The van der Waals surface area contributed by atoms with Crippen LogP contribution in [0.15, 0.2) is 47.4 Å². The molecule has 1 amide bonds. The third-order valence-electron chi connectivity index (χ3n) is 3.62. The average molecular weight is 358 g/mol. The highest BCUT2D eigenvalue weighted by Crippen LogP contribution is 2.22. The van der Waals surface area contributed by atoms with Gasteiger partial charge in [-0.3, -0.25) is 24.3 Å². The molecule has 0 atom stereocenters. The molecule has 128 valence electrons. The van der Waals surface area contributed by atoms with E-state index in [0.717, 1.165) is 38.1 Å². The zero-order valence-corrected chi connectivity index (χ0v) is 14.1. The molecule has 1 aromatic carbocycles. The monoisotopic (exact) mass is 358 g/mol. The van der Waals surface area contributed by atoms with Gasteiger partial charge in [0, 0.05) is 19.2 Å². The molecule has 0 unspecified atom stereocenters. The minimum absolute atomic E-state index is 0.235. The first kappa shape index (κ1) is 16.8. The number of hydrogen-bond acceptors (Lipinski definition) is 6. The molecule has 0 aliphatic rings.